The van der Waals surface area contributed by atoms with E-state index in [1.54, 1.807) is 17.0 Å². The smallest absolute Gasteiger partial charge is 0.262 e. The predicted octanol–water partition coefficient (Wildman–Crippen LogP) is 2.67. The Morgan fingerprint density at radius 3 is 2.79 bits per heavy atom. The Morgan fingerprint density at radius 1 is 1.29 bits per heavy atom. The van der Waals surface area contributed by atoms with Gasteiger partial charge >= 0.3 is 0 Å². The molecule has 0 bridgehead atoms. The SMILES string of the molecule is CCCc1occc1C(=O)N1CCOc2ccc(S(C)(=O)=O)cc21. The summed E-state index contributed by atoms with van der Waals surface area (Å²) in [6.07, 6.45) is 4.19. The van der Waals surface area contributed by atoms with Gasteiger partial charge in [0.2, 0.25) is 0 Å². The first-order chi connectivity index (χ1) is 11.4. The lowest BCUT2D eigenvalue weighted by Gasteiger charge is -2.29. The number of carbonyl (C=O) groups excluding carboxylic acids is 1. The number of fused-ring (bicyclic) bond motifs is 1. The second kappa shape index (κ2) is 6.32. The van der Waals surface area contributed by atoms with E-state index in [1.165, 1.54) is 18.4 Å². The molecule has 0 N–H and O–H groups in total. The molecule has 0 saturated heterocycles. The molecule has 2 heterocycles. The van der Waals surface area contributed by atoms with Gasteiger partial charge in [0.25, 0.3) is 5.91 Å². The monoisotopic (exact) mass is 349 g/mol. The second-order valence-electron chi connectivity index (χ2n) is 5.71. The normalized spacial score (nSPS) is 14.2. The largest absolute Gasteiger partial charge is 0.490 e. The van der Waals surface area contributed by atoms with Crippen LogP contribution in [0.1, 0.15) is 29.5 Å². The van der Waals surface area contributed by atoms with E-state index in [9.17, 15) is 13.2 Å². The summed E-state index contributed by atoms with van der Waals surface area (Å²) in [5.74, 6) is 0.944. The Labute approximate surface area is 140 Å². The highest BCUT2D eigenvalue weighted by molar-refractivity contribution is 7.90. The Morgan fingerprint density at radius 2 is 2.08 bits per heavy atom. The predicted molar refractivity (Wildman–Crippen MR) is 89.4 cm³/mol. The van der Waals surface area contributed by atoms with Gasteiger partial charge < -0.3 is 14.1 Å². The Kier molecular flexibility index (Phi) is 4.36. The Hall–Kier alpha value is -2.28. The summed E-state index contributed by atoms with van der Waals surface area (Å²) in [7, 11) is -3.37. The van der Waals surface area contributed by atoms with Crippen LogP contribution in [0.15, 0.2) is 39.8 Å². The topological polar surface area (TPSA) is 76.8 Å². The van der Waals surface area contributed by atoms with Gasteiger partial charge in [0.15, 0.2) is 9.84 Å². The average Bonchev–Trinajstić information content (AvgIpc) is 3.01. The molecule has 0 aliphatic carbocycles. The van der Waals surface area contributed by atoms with E-state index in [1.807, 2.05) is 6.92 Å². The zero-order chi connectivity index (χ0) is 17.3. The zero-order valence-corrected chi connectivity index (χ0v) is 14.4. The Balaban J connectivity index is 2.02. The van der Waals surface area contributed by atoms with Crippen LogP contribution in [0.3, 0.4) is 0 Å². The van der Waals surface area contributed by atoms with Gasteiger partial charge in [0, 0.05) is 12.7 Å². The van der Waals surface area contributed by atoms with E-state index < -0.39 is 9.84 Å². The second-order valence-corrected chi connectivity index (χ2v) is 7.73. The van der Waals surface area contributed by atoms with E-state index in [0.717, 1.165) is 12.7 Å². The summed E-state index contributed by atoms with van der Waals surface area (Å²) in [5.41, 5.74) is 0.979. The van der Waals surface area contributed by atoms with Gasteiger partial charge in [-0.05, 0) is 30.7 Å². The van der Waals surface area contributed by atoms with Crippen molar-refractivity contribution in [2.45, 2.75) is 24.7 Å². The van der Waals surface area contributed by atoms with Gasteiger partial charge in [0.05, 0.1) is 29.0 Å². The van der Waals surface area contributed by atoms with Crippen molar-refractivity contribution in [2.24, 2.45) is 0 Å². The molecular formula is C17H19NO5S. The third kappa shape index (κ3) is 3.03. The van der Waals surface area contributed by atoms with Crippen molar-refractivity contribution in [3.8, 4) is 5.75 Å². The molecule has 0 unspecified atom stereocenters. The van der Waals surface area contributed by atoms with Gasteiger partial charge in [-0.25, -0.2) is 8.42 Å². The van der Waals surface area contributed by atoms with Crippen LogP contribution in [0.4, 0.5) is 5.69 Å². The summed E-state index contributed by atoms with van der Waals surface area (Å²) >= 11 is 0. The molecule has 1 aliphatic rings. The molecule has 0 spiro atoms. The third-order valence-corrected chi connectivity index (χ3v) is 5.03. The molecule has 0 radical (unpaired) electrons. The van der Waals surface area contributed by atoms with Crippen molar-refractivity contribution in [1.82, 2.24) is 0 Å². The highest BCUT2D eigenvalue weighted by Gasteiger charge is 2.28. The number of aryl methyl sites for hydroxylation is 1. The number of anilines is 1. The number of hydrogen-bond acceptors (Lipinski definition) is 5. The number of benzene rings is 1. The van der Waals surface area contributed by atoms with E-state index in [-0.39, 0.29) is 10.8 Å². The van der Waals surface area contributed by atoms with E-state index in [4.69, 9.17) is 9.15 Å². The maximum atomic E-state index is 12.9. The van der Waals surface area contributed by atoms with E-state index in [0.29, 0.717) is 42.3 Å². The average molecular weight is 349 g/mol. The minimum Gasteiger partial charge on any atom is -0.490 e. The van der Waals surface area contributed by atoms with Crippen LogP contribution < -0.4 is 9.64 Å². The summed E-state index contributed by atoms with van der Waals surface area (Å²) in [6.45, 7) is 2.73. The molecule has 1 amide bonds. The van der Waals surface area contributed by atoms with Crippen LogP contribution >= 0.6 is 0 Å². The standard InChI is InChI=1S/C17H19NO5S/c1-3-4-15-13(7-9-22-15)17(19)18-8-10-23-16-6-5-12(11-14(16)18)24(2,20)21/h5-7,9,11H,3-4,8,10H2,1-2H3. The summed E-state index contributed by atoms with van der Waals surface area (Å²) in [6, 6.07) is 6.22. The minimum atomic E-state index is -3.37. The van der Waals surface area contributed by atoms with E-state index in [2.05, 4.69) is 0 Å². The third-order valence-electron chi connectivity index (χ3n) is 3.92. The van der Waals surface area contributed by atoms with Crippen LogP contribution in [0.2, 0.25) is 0 Å². The molecule has 7 heteroatoms. The number of nitrogens with zero attached hydrogens (tertiary/aromatic N) is 1. The first-order valence-corrected chi connectivity index (χ1v) is 9.66. The molecule has 1 aromatic heterocycles. The molecule has 1 aromatic carbocycles. The van der Waals surface area contributed by atoms with Gasteiger partial charge in [-0.15, -0.1) is 0 Å². The van der Waals surface area contributed by atoms with Gasteiger partial charge in [-0.1, -0.05) is 6.92 Å². The number of hydrogen-bond donors (Lipinski definition) is 0. The van der Waals surface area contributed by atoms with Crippen molar-refractivity contribution >= 4 is 21.4 Å². The summed E-state index contributed by atoms with van der Waals surface area (Å²) in [5, 5.41) is 0. The van der Waals surface area contributed by atoms with Crippen molar-refractivity contribution in [1.29, 1.82) is 0 Å². The van der Waals surface area contributed by atoms with Crippen LogP contribution in [-0.4, -0.2) is 33.7 Å². The number of carbonyl (C=O) groups is 1. The molecule has 6 nitrogen and oxygen atoms in total. The molecule has 0 fully saturated rings. The molecule has 1 aliphatic heterocycles. The molecule has 128 valence electrons. The summed E-state index contributed by atoms with van der Waals surface area (Å²) < 4.78 is 34.6. The number of rotatable bonds is 4. The molecule has 2 aromatic rings. The van der Waals surface area contributed by atoms with Crippen LogP contribution in [0, 0.1) is 0 Å². The van der Waals surface area contributed by atoms with Crippen molar-refractivity contribution in [3.05, 3.63) is 41.9 Å². The number of sulfone groups is 1. The molecule has 0 saturated carbocycles. The van der Waals surface area contributed by atoms with E-state index >= 15 is 0 Å². The fraction of sp³-hybridized carbons (Fsp3) is 0.353. The highest BCUT2D eigenvalue weighted by Crippen LogP contribution is 2.35. The maximum absolute atomic E-state index is 12.9. The minimum absolute atomic E-state index is 0.158. The van der Waals surface area contributed by atoms with Crippen LogP contribution in [0.5, 0.6) is 5.75 Å². The van der Waals surface area contributed by atoms with Crippen molar-refractivity contribution in [2.75, 3.05) is 24.3 Å². The first-order valence-electron chi connectivity index (χ1n) is 7.77. The lowest BCUT2D eigenvalue weighted by Crippen LogP contribution is -2.38. The van der Waals surface area contributed by atoms with Crippen LogP contribution in [-0.2, 0) is 16.3 Å². The first kappa shape index (κ1) is 16.6. The zero-order valence-electron chi connectivity index (χ0n) is 13.6. The summed E-state index contributed by atoms with van der Waals surface area (Å²) in [4.78, 5) is 14.7. The van der Waals surface area contributed by atoms with Crippen molar-refractivity contribution < 1.29 is 22.4 Å². The fourth-order valence-electron chi connectivity index (χ4n) is 2.74. The van der Waals surface area contributed by atoms with Crippen LogP contribution in [0.25, 0.3) is 0 Å². The van der Waals surface area contributed by atoms with Crippen molar-refractivity contribution in [3.63, 3.8) is 0 Å². The Bertz CT molecular complexity index is 869. The molecule has 0 atom stereocenters. The lowest BCUT2D eigenvalue weighted by atomic mass is 10.1. The number of amides is 1. The fourth-order valence-corrected chi connectivity index (χ4v) is 3.38. The molecule has 24 heavy (non-hydrogen) atoms. The molecular weight excluding hydrogens is 330 g/mol. The maximum Gasteiger partial charge on any atom is 0.262 e. The van der Waals surface area contributed by atoms with Gasteiger partial charge in [-0.3, -0.25) is 4.79 Å². The quantitative estimate of drug-likeness (QED) is 0.848. The van der Waals surface area contributed by atoms with Gasteiger partial charge in [-0.2, -0.15) is 0 Å². The highest BCUT2D eigenvalue weighted by atomic mass is 32.2. The lowest BCUT2D eigenvalue weighted by molar-refractivity contribution is 0.0974. The number of furan rings is 1. The molecule has 3 rings (SSSR count). The number of ether oxygens (including phenoxy) is 1. The van der Waals surface area contributed by atoms with Gasteiger partial charge in [0.1, 0.15) is 18.1 Å².